The van der Waals surface area contributed by atoms with Crippen LogP contribution in [0.2, 0.25) is 0 Å². The molecule has 0 aromatic carbocycles. The van der Waals surface area contributed by atoms with E-state index in [1.165, 1.54) is 0 Å². The van der Waals surface area contributed by atoms with Gasteiger partial charge in [-0.1, -0.05) is 4.73 Å². The zero-order valence-electron chi connectivity index (χ0n) is 8.71. The minimum atomic E-state index is -5.66. The SMILES string of the molecule is COn1cc[n+](C)c1.O=S(=O)([O-])OC(F)(F)F. The van der Waals surface area contributed by atoms with E-state index in [1.807, 2.05) is 34.5 Å². The highest BCUT2D eigenvalue weighted by molar-refractivity contribution is 7.80. The number of imidazole rings is 1. The molecule has 0 atom stereocenters. The molecule has 0 saturated heterocycles. The van der Waals surface area contributed by atoms with Gasteiger partial charge in [0.15, 0.2) is 6.20 Å². The number of aromatic nitrogens is 2. The fraction of sp³-hybridized carbons (Fsp3) is 0.500. The van der Waals surface area contributed by atoms with Gasteiger partial charge in [-0.25, -0.2) is 13.0 Å². The third-order valence-electron chi connectivity index (χ3n) is 1.15. The summed E-state index contributed by atoms with van der Waals surface area (Å²) in [5.41, 5.74) is 0. The third kappa shape index (κ3) is 9.59. The fourth-order valence-electron chi connectivity index (χ4n) is 0.651. The van der Waals surface area contributed by atoms with Crippen molar-refractivity contribution in [2.75, 3.05) is 7.11 Å². The molecule has 1 aromatic rings. The van der Waals surface area contributed by atoms with Gasteiger partial charge in [0, 0.05) is 0 Å². The van der Waals surface area contributed by atoms with E-state index in [2.05, 4.69) is 0 Å². The molecule has 0 radical (unpaired) electrons. The van der Waals surface area contributed by atoms with Crippen LogP contribution in [0, 0.1) is 0 Å². The van der Waals surface area contributed by atoms with Crippen molar-refractivity contribution in [1.29, 1.82) is 0 Å². The summed E-state index contributed by atoms with van der Waals surface area (Å²) in [5.74, 6) is 0. The van der Waals surface area contributed by atoms with Gasteiger partial charge in [-0.3, -0.25) is 0 Å². The van der Waals surface area contributed by atoms with Crippen molar-refractivity contribution in [2.45, 2.75) is 6.36 Å². The fourth-order valence-corrected chi connectivity index (χ4v) is 0.883. The van der Waals surface area contributed by atoms with Crippen molar-refractivity contribution < 1.29 is 39.7 Å². The summed E-state index contributed by atoms with van der Waals surface area (Å²) in [5, 5.41) is 0. The largest absolute Gasteiger partial charge is 0.725 e. The summed E-state index contributed by atoms with van der Waals surface area (Å²) < 4.78 is 65.3. The van der Waals surface area contributed by atoms with Gasteiger partial charge in [0.25, 0.3) is 6.33 Å². The Morgan fingerprint density at radius 1 is 1.41 bits per heavy atom. The predicted octanol–water partition coefficient (Wildman–Crippen LogP) is -0.646. The average molecular weight is 278 g/mol. The van der Waals surface area contributed by atoms with Gasteiger partial charge in [0.2, 0.25) is 10.4 Å². The van der Waals surface area contributed by atoms with Gasteiger partial charge < -0.3 is 9.39 Å². The first-order valence-electron chi connectivity index (χ1n) is 3.84. The average Bonchev–Trinajstić information content (AvgIpc) is 2.45. The normalized spacial score (nSPS) is 11.6. The highest BCUT2D eigenvalue weighted by atomic mass is 32.3. The van der Waals surface area contributed by atoms with Crippen molar-refractivity contribution >= 4 is 10.4 Å². The molecule has 0 N–H and O–H groups in total. The lowest BCUT2D eigenvalue weighted by Gasteiger charge is -2.08. The predicted molar refractivity (Wildman–Crippen MR) is 44.9 cm³/mol. The van der Waals surface area contributed by atoms with Crippen LogP contribution in [-0.2, 0) is 21.6 Å². The Hall–Kier alpha value is -1.33. The summed E-state index contributed by atoms with van der Waals surface area (Å²) >= 11 is 0. The van der Waals surface area contributed by atoms with Crippen LogP contribution in [0.5, 0.6) is 0 Å². The maximum atomic E-state index is 10.8. The van der Waals surface area contributed by atoms with E-state index in [0.29, 0.717) is 0 Å². The van der Waals surface area contributed by atoms with Crippen LogP contribution >= 0.6 is 0 Å². The molecule has 0 aliphatic carbocycles. The summed E-state index contributed by atoms with van der Waals surface area (Å²) in [4.78, 5) is 4.83. The van der Waals surface area contributed by atoms with Gasteiger partial charge in [-0.2, -0.15) is 4.18 Å². The Kier molecular flexibility index (Phi) is 5.38. The standard InChI is InChI=1S/C5H9N2O.CHF3O4S/c1-6-3-4-7(5-6)8-2;2-1(3,4)8-9(5,6)7/h3-5H,1-2H3;(H,5,6,7)/q+1;/p-1. The van der Waals surface area contributed by atoms with E-state index >= 15 is 0 Å². The Morgan fingerprint density at radius 2 is 1.94 bits per heavy atom. The molecule has 100 valence electrons. The first kappa shape index (κ1) is 15.7. The topological polar surface area (TPSA) is 84.5 Å². The highest BCUT2D eigenvalue weighted by Crippen LogP contribution is 2.17. The Balaban J connectivity index is 0.000000302. The lowest BCUT2D eigenvalue weighted by molar-refractivity contribution is -0.672. The van der Waals surface area contributed by atoms with E-state index in [9.17, 15) is 13.2 Å². The minimum Gasteiger partial charge on any atom is -0.725 e. The lowest BCUT2D eigenvalue weighted by Crippen LogP contribution is -2.24. The van der Waals surface area contributed by atoms with Crippen LogP contribution in [0.25, 0.3) is 0 Å². The van der Waals surface area contributed by atoms with Crippen LogP contribution in [0.15, 0.2) is 18.7 Å². The smallest absolute Gasteiger partial charge is 0.536 e. The molecule has 0 bridgehead atoms. The molecule has 0 amide bonds. The summed E-state index contributed by atoms with van der Waals surface area (Å²) in [6, 6.07) is 0. The molecule has 0 spiro atoms. The summed E-state index contributed by atoms with van der Waals surface area (Å²) in [6.45, 7) is 0. The van der Waals surface area contributed by atoms with Crippen LogP contribution in [-0.4, -0.2) is 31.2 Å². The Bertz CT molecular complexity index is 441. The number of alkyl halides is 3. The number of hydrogen-bond acceptors (Lipinski definition) is 5. The molecule has 0 fully saturated rings. The van der Waals surface area contributed by atoms with Crippen molar-refractivity contribution in [3.63, 3.8) is 0 Å². The van der Waals surface area contributed by atoms with Crippen molar-refractivity contribution in [1.82, 2.24) is 4.73 Å². The van der Waals surface area contributed by atoms with E-state index in [0.717, 1.165) is 0 Å². The molecule has 7 nitrogen and oxygen atoms in total. The van der Waals surface area contributed by atoms with Crippen LogP contribution in [0.3, 0.4) is 0 Å². The third-order valence-corrected chi connectivity index (χ3v) is 1.55. The van der Waals surface area contributed by atoms with E-state index in [1.54, 1.807) is 11.8 Å². The molecule has 1 heterocycles. The molecular formula is C6H9F3N2O5S. The van der Waals surface area contributed by atoms with E-state index in [4.69, 9.17) is 17.8 Å². The Labute approximate surface area is 94.9 Å². The van der Waals surface area contributed by atoms with Gasteiger partial charge in [0.05, 0.1) is 7.05 Å². The molecule has 0 unspecified atom stereocenters. The van der Waals surface area contributed by atoms with Crippen molar-refractivity contribution in [3.05, 3.63) is 18.7 Å². The van der Waals surface area contributed by atoms with Gasteiger partial charge in [-0.15, -0.1) is 13.2 Å². The summed E-state index contributed by atoms with van der Waals surface area (Å²) in [7, 11) is -2.09. The molecule has 1 aromatic heterocycles. The number of nitrogens with zero attached hydrogens (tertiary/aromatic N) is 2. The van der Waals surface area contributed by atoms with E-state index in [-0.39, 0.29) is 0 Å². The number of aryl methyl sites for hydroxylation is 1. The zero-order chi connectivity index (χ0) is 13.7. The lowest BCUT2D eigenvalue weighted by atomic mass is 10.9. The number of rotatable bonds is 2. The quantitative estimate of drug-likeness (QED) is 0.408. The van der Waals surface area contributed by atoms with Crippen molar-refractivity contribution in [2.24, 2.45) is 7.05 Å². The summed E-state index contributed by atoms with van der Waals surface area (Å²) in [6.07, 6.45) is 0.157. The molecule has 0 saturated carbocycles. The van der Waals surface area contributed by atoms with Crippen LogP contribution < -0.4 is 9.40 Å². The van der Waals surface area contributed by atoms with E-state index < -0.39 is 16.8 Å². The van der Waals surface area contributed by atoms with Crippen LogP contribution in [0.4, 0.5) is 13.2 Å². The molecule has 0 aliphatic heterocycles. The second kappa shape index (κ2) is 5.84. The molecule has 11 heteroatoms. The second-order valence-electron chi connectivity index (χ2n) is 2.56. The molecule has 1 rings (SSSR count). The maximum absolute atomic E-state index is 10.8. The number of hydrogen-bond donors (Lipinski definition) is 0. The molecular weight excluding hydrogens is 269 g/mol. The first-order chi connectivity index (χ1) is 7.53. The molecule has 17 heavy (non-hydrogen) atoms. The second-order valence-corrected chi connectivity index (χ2v) is 3.54. The minimum absolute atomic E-state index is 1.62. The monoisotopic (exact) mass is 278 g/mol. The number of halogens is 3. The zero-order valence-corrected chi connectivity index (χ0v) is 9.53. The van der Waals surface area contributed by atoms with Gasteiger partial charge in [-0.05, 0) is 0 Å². The van der Waals surface area contributed by atoms with Crippen molar-refractivity contribution in [3.8, 4) is 0 Å². The molecule has 0 aliphatic rings. The maximum Gasteiger partial charge on any atom is 0.536 e. The van der Waals surface area contributed by atoms with Gasteiger partial charge in [0.1, 0.15) is 13.3 Å². The van der Waals surface area contributed by atoms with Gasteiger partial charge >= 0.3 is 6.36 Å². The Morgan fingerprint density at radius 3 is 2.06 bits per heavy atom. The highest BCUT2D eigenvalue weighted by Gasteiger charge is 2.32. The first-order valence-corrected chi connectivity index (χ1v) is 5.18. The van der Waals surface area contributed by atoms with Crippen LogP contribution in [0.1, 0.15) is 0 Å².